The van der Waals surface area contributed by atoms with Crippen molar-refractivity contribution in [3.05, 3.63) is 124 Å². The zero-order chi connectivity index (χ0) is 23.5. The Balaban J connectivity index is 1.60. The minimum atomic E-state index is 0.815. The minimum Gasteiger partial charge on any atom is -0.355 e. The van der Waals surface area contributed by atoms with Crippen LogP contribution in [0.15, 0.2) is 110 Å². The number of halogens is 1. The van der Waals surface area contributed by atoms with Gasteiger partial charge in [0.1, 0.15) is 5.82 Å². The van der Waals surface area contributed by atoms with Crippen molar-refractivity contribution in [2.45, 2.75) is 6.92 Å². The van der Waals surface area contributed by atoms with E-state index in [1.807, 2.05) is 48.5 Å². The Morgan fingerprint density at radius 2 is 1.47 bits per heavy atom. The Labute approximate surface area is 213 Å². The SMILES string of the molecule is C=C(Nc1cc(I)ccc1C)c1ccccc1-c1nc(-c2ccccc2)c(-c2ccccc2)[nH]1. The van der Waals surface area contributed by atoms with Gasteiger partial charge >= 0.3 is 0 Å². The molecule has 0 unspecified atom stereocenters. The van der Waals surface area contributed by atoms with Crippen molar-refractivity contribution in [2.75, 3.05) is 5.32 Å². The molecule has 0 spiro atoms. The van der Waals surface area contributed by atoms with Gasteiger partial charge in [0.05, 0.1) is 11.4 Å². The minimum absolute atomic E-state index is 0.815. The Bertz CT molecular complexity index is 1400. The first-order valence-electron chi connectivity index (χ1n) is 11.1. The average Bonchev–Trinajstić information content (AvgIpc) is 3.33. The van der Waals surface area contributed by atoms with E-state index in [9.17, 15) is 0 Å². The standard InChI is InChI=1S/C30H24IN3/c1-20-17-18-24(31)19-27(20)32-21(2)25-15-9-10-16-26(25)30-33-28(22-11-5-3-6-12-22)29(34-30)23-13-7-4-8-14-23/h3-19,32H,2H2,1H3,(H,33,34). The Morgan fingerprint density at radius 3 is 2.21 bits per heavy atom. The quantitative estimate of drug-likeness (QED) is 0.207. The third-order valence-electron chi connectivity index (χ3n) is 5.81. The summed E-state index contributed by atoms with van der Waals surface area (Å²) in [6, 6.07) is 35.3. The largest absolute Gasteiger partial charge is 0.355 e. The second-order valence-corrected chi connectivity index (χ2v) is 9.40. The van der Waals surface area contributed by atoms with Crippen LogP contribution in [-0.4, -0.2) is 9.97 Å². The topological polar surface area (TPSA) is 40.7 Å². The molecule has 5 aromatic rings. The Hall–Kier alpha value is -3.64. The van der Waals surface area contributed by atoms with Crippen molar-refractivity contribution in [3.63, 3.8) is 0 Å². The van der Waals surface area contributed by atoms with Gasteiger partial charge in [-0.15, -0.1) is 0 Å². The molecule has 5 rings (SSSR count). The van der Waals surface area contributed by atoms with Crippen LogP contribution in [-0.2, 0) is 0 Å². The second kappa shape index (κ2) is 9.69. The van der Waals surface area contributed by atoms with Gasteiger partial charge in [0.25, 0.3) is 0 Å². The summed E-state index contributed by atoms with van der Waals surface area (Å²) >= 11 is 2.33. The van der Waals surface area contributed by atoms with E-state index in [0.717, 1.165) is 50.9 Å². The van der Waals surface area contributed by atoms with Gasteiger partial charge in [-0.1, -0.05) is 97.6 Å². The van der Waals surface area contributed by atoms with E-state index in [1.165, 1.54) is 9.13 Å². The molecule has 0 saturated carbocycles. The number of hydrogen-bond donors (Lipinski definition) is 2. The molecule has 0 amide bonds. The zero-order valence-electron chi connectivity index (χ0n) is 18.8. The summed E-state index contributed by atoms with van der Waals surface area (Å²) in [7, 11) is 0. The molecule has 1 heterocycles. The van der Waals surface area contributed by atoms with E-state index >= 15 is 0 Å². The maximum atomic E-state index is 5.08. The molecule has 2 N–H and O–H groups in total. The first-order chi connectivity index (χ1) is 16.6. The molecule has 0 aliphatic heterocycles. The summed E-state index contributed by atoms with van der Waals surface area (Å²) in [4.78, 5) is 8.69. The summed E-state index contributed by atoms with van der Waals surface area (Å²) in [5.41, 5.74) is 9.19. The molecule has 0 aliphatic carbocycles. The van der Waals surface area contributed by atoms with Crippen LogP contribution in [0.2, 0.25) is 0 Å². The van der Waals surface area contributed by atoms with Crippen molar-refractivity contribution in [1.29, 1.82) is 0 Å². The molecule has 3 nitrogen and oxygen atoms in total. The number of imidazole rings is 1. The monoisotopic (exact) mass is 553 g/mol. The van der Waals surface area contributed by atoms with Crippen LogP contribution in [0.25, 0.3) is 39.6 Å². The second-order valence-electron chi connectivity index (χ2n) is 8.15. The van der Waals surface area contributed by atoms with Crippen molar-refractivity contribution in [1.82, 2.24) is 9.97 Å². The first-order valence-corrected chi connectivity index (χ1v) is 12.2. The van der Waals surface area contributed by atoms with Crippen LogP contribution < -0.4 is 5.32 Å². The van der Waals surface area contributed by atoms with E-state index < -0.39 is 0 Å². The van der Waals surface area contributed by atoms with Crippen molar-refractivity contribution in [3.8, 4) is 33.9 Å². The van der Waals surface area contributed by atoms with Gasteiger partial charge in [-0.05, 0) is 47.2 Å². The predicted molar refractivity (Wildman–Crippen MR) is 151 cm³/mol. The van der Waals surface area contributed by atoms with Crippen molar-refractivity contribution >= 4 is 34.0 Å². The van der Waals surface area contributed by atoms with Gasteiger partial charge in [0.2, 0.25) is 0 Å². The van der Waals surface area contributed by atoms with Gasteiger partial charge in [-0.3, -0.25) is 0 Å². The summed E-state index contributed by atoms with van der Waals surface area (Å²) < 4.78 is 1.18. The Kier molecular flexibility index (Phi) is 6.32. The number of nitrogens with one attached hydrogen (secondary N) is 2. The molecule has 4 aromatic carbocycles. The summed E-state index contributed by atoms with van der Waals surface area (Å²) in [5, 5.41) is 3.52. The zero-order valence-corrected chi connectivity index (χ0v) is 21.0. The molecule has 4 heteroatoms. The van der Waals surface area contributed by atoms with E-state index in [1.54, 1.807) is 0 Å². The van der Waals surface area contributed by atoms with Crippen LogP contribution in [0.1, 0.15) is 11.1 Å². The fourth-order valence-electron chi connectivity index (χ4n) is 4.03. The van der Waals surface area contributed by atoms with Crippen LogP contribution >= 0.6 is 22.6 Å². The smallest absolute Gasteiger partial charge is 0.139 e. The number of aryl methyl sites for hydroxylation is 1. The molecule has 0 fully saturated rings. The van der Waals surface area contributed by atoms with Crippen molar-refractivity contribution < 1.29 is 0 Å². The molecular weight excluding hydrogens is 529 g/mol. The van der Waals surface area contributed by atoms with Crippen LogP contribution in [0.3, 0.4) is 0 Å². The van der Waals surface area contributed by atoms with E-state index in [-0.39, 0.29) is 0 Å². The fourth-order valence-corrected chi connectivity index (χ4v) is 4.52. The average molecular weight is 553 g/mol. The summed E-state index contributed by atoms with van der Waals surface area (Å²) in [6.07, 6.45) is 0. The lowest BCUT2D eigenvalue weighted by Gasteiger charge is -2.15. The normalized spacial score (nSPS) is 10.8. The van der Waals surface area contributed by atoms with Gasteiger partial charge < -0.3 is 10.3 Å². The summed E-state index contributed by atoms with van der Waals surface area (Å²) in [6.45, 7) is 6.47. The van der Waals surface area contributed by atoms with Crippen molar-refractivity contribution in [2.24, 2.45) is 0 Å². The maximum Gasteiger partial charge on any atom is 0.139 e. The molecule has 0 saturated heterocycles. The first kappa shape index (κ1) is 22.2. The maximum absolute atomic E-state index is 5.08. The number of benzene rings is 4. The lowest BCUT2D eigenvalue weighted by atomic mass is 10.0. The lowest BCUT2D eigenvalue weighted by Crippen LogP contribution is -2.01. The highest BCUT2D eigenvalue weighted by Crippen LogP contribution is 2.35. The molecule has 1 aromatic heterocycles. The number of aromatic amines is 1. The molecule has 34 heavy (non-hydrogen) atoms. The van der Waals surface area contributed by atoms with E-state index in [2.05, 4.69) is 101 Å². The van der Waals surface area contributed by atoms with Crippen LogP contribution in [0, 0.1) is 10.5 Å². The predicted octanol–water partition coefficient (Wildman–Crippen LogP) is 8.41. The third kappa shape index (κ3) is 4.54. The molecule has 0 atom stereocenters. The molecule has 0 radical (unpaired) electrons. The molecule has 0 aliphatic rings. The number of aromatic nitrogens is 2. The van der Waals surface area contributed by atoms with Crippen LogP contribution in [0.4, 0.5) is 5.69 Å². The number of H-pyrrole nitrogens is 1. The van der Waals surface area contributed by atoms with Crippen LogP contribution in [0.5, 0.6) is 0 Å². The van der Waals surface area contributed by atoms with Gasteiger partial charge in [-0.2, -0.15) is 0 Å². The highest BCUT2D eigenvalue weighted by molar-refractivity contribution is 14.1. The van der Waals surface area contributed by atoms with E-state index in [0.29, 0.717) is 0 Å². The van der Waals surface area contributed by atoms with Gasteiger partial charge in [0, 0.05) is 37.2 Å². The number of rotatable bonds is 6. The molecule has 166 valence electrons. The lowest BCUT2D eigenvalue weighted by molar-refractivity contribution is 1.30. The van der Waals surface area contributed by atoms with E-state index in [4.69, 9.17) is 4.98 Å². The Morgan fingerprint density at radius 1 is 0.824 bits per heavy atom. The number of hydrogen-bond acceptors (Lipinski definition) is 2. The number of nitrogens with zero attached hydrogens (tertiary/aromatic N) is 1. The van der Waals surface area contributed by atoms with Gasteiger partial charge in [-0.25, -0.2) is 4.98 Å². The highest BCUT2D eigenvalue weighted by Gasteiger charge is 2.18. The molecular formula is C30H24IN3. The highest BCUT2D eigenvalue weighted by atomic mass is 127. The third-order valence-corrected chi connectivity index (χ3v) is 6.48. The fraction of sp³-hybridized carbons (Fsp3) is 0.0333. The summed E-state index contributed by atoms with van der Waals surface area (Å²) in [5.74, 6) is 0.815. The van der Waals surface area contributed by atoms with Gasteiger partial charge in [0.15, 0.2) is 0 Å². The molecule has 0 bridgehead atoms. The number of anilines is 1.